The summed E-state index contributed by atoms with van der Waals surface area (Å²) in [6.45, 7) is 7.75. The normalized spacial score (nSPS) is 18.2. The minimum absolute atomic E-state index is 0.581. The maximum atomic E-state index is 5.88. The van der Waals surface area contributed by atoms with Crippen LogP contribution in [0.5, 0.6) is 0 Å². The Bertz CT molecular complexity index is 153. The molecule has 0 spiro atoms. The summed E-state index contributed by atoms with van der Waals surface area (Å²) in [5.74, 6) is 0.762. The van der Waals surface area contributed by atoms with Gasteiger partial charge in [-0.25, -0.2) is 0 Å². The Morgan fingerprint density at radius 2 is 1.88 bits per heavy atom. The zero-order chi connectivity index (χ0) is 11.6. The van der Waals surface area contributed by atoms with E-state index in [4.69, 9.17) is 4.74 Å². The molecule has 0 heterocycles. The maximum Gasteiger partial charge on any atom is 0.0575 e. The summed E-state index contributed by atoms with van der Waals surface area (Å²) in [6, 6.07) is 0. The summed E-state index contributed by atoms with van der Waals surface area (Å²) in [4.78, 5) is 0. The van der Waals surface area contributed by atoms with Crippen molar-refractivity contribution in [3.8, 4) is 0 Å². The van der Waals surface area contributed by atoms with E-state index in [9.17, 15) is 0 Å². The van der Waals surface area contributed by atoms with Gasteiger partial charge >= 0.3 is 0 Å². The molecule has 1 aliphatic rings. The highest BCUT2D eigenvalue weighted by Gasteiger charge is 2.12. The summed E-state index contributed by atoms with van der Waals surface area (Å²) >= 11 is 0. The third-order valence-electron chi connectivity index (χ3n) is 3.21. The van der Waals surface area contributed by atoms with Gasteiger partial charge in [-0.05, 0) is 44.7 Å². The van der Waals surface area contributed by atoms with Gasteiger partial charge in [-0.1, -0.05) is 33.1 Å². The van der Waals surface area contributed by atoms with Gasteiger partial charge in [0.15, 0.2) is 0 Å². The van der Waals surface area contributed by atoms with Crippen LogP contribution in [-0.2, 0) is 4.74 Å². The number of rotatable bonds is 8. The third-order valence-corrected chi connectivity index (χ3v) is 3.21. The van der Waals surface area contributed by atoms with Crippen molar-refractivity contribution in [3.63, 3.8) is 0 Å². The van der Waals surface area contributed by atoms with Crippen LogP contribution < -0.4 is 5.32 Å². The van der Waals surface area contributed by atoms with Gasteiger partial charge in [0, 0.05) is 6.61 Å². The second-order valence-corrected chi connectivity index (χ2v) is 5.44. The smallest absolute Gasteiger partial charge is 0.0575 e. The summed E-state index contributed by atoms with van der Waals surface area (Å²) in [5, 5.41) is 3.47. The largest absolute Gasteiger partial charge is 0.378 e. The van der Waals surface area contributed by atoms with Crippen molar-refractivity contribution < 1.29 is 4.74 Å². The first-order chi connectivity index (χ1) is 7.79. The fourth-order valence-corrected chi connectivity index (χ4v) is 2.22. The third kappa shape index (κ3) is 7.24. The van der Waals surface area contributed by atoms with Crippen molar-refractivity contribution >= 4 is 0 Å². The van der Waals surface area contributed by atoms with Crippen LogP contribution >= 0.6 is 0 Å². The van der Waals surface area contributed by atoms with Crippen LogP contribution in [-0.4, -0.2) is 25.8 Å². The van der Waals surface area contributed by atoms with Gasteiger partial charge in [0.25, 0.3) is 0 Å². The average Bonchev–Trinajstić information content (AvgIpc) is 2.29. The number of nitrogens with one attached hydrogen (secondary N) is 1. The van der Waals surface area contributed by atoms with E-state index in [2.05, 4.69) is 19.2 Å². The van der Waals surface area contributed by atoms with E-state index in [0.29, 0.717) is 6.10 Å². The van der Waals surface area contributed by atoms with Crippen molar-refractivity contribution in [2.24, 2.45) is 5.92 Å². The van der Waals surface area contributed by atoms with Crippen LogP contribution in [0.3, 0.4) is 0 Å². The second-order valence-electron chi connectivity index (χ2n) is 5.44. The van der Waals surface area contributed by atoms with Gasteiger partial charge in [0.1, 0.15) is 0 Å². The topological polar surface area (TPSA) is 21.3 Å². The Balaban J connectivity index is 1.80. The fraction of sp³-hybridized carbons (Fsp3) is 1.00. The van der Waals surface area contributed by atoms with Crippen LogP contribution in [0.15, 0.2) is 0 Å². The first kappa shape index (κ1) is 14.0. The molecule has 1 fully saturated rings. The lowest BCUT2D eigenvalue weighted by atomic mass is 9.98. The van der Waals surface area contributed by atoms with E-state index in [1.54, 1.807) is 0 Å². The Hall–Kier alpha value is -0.0800. The number of hydrogen-bond donors (Lipinski definition) is 1. The minimum atomic E-state index is 0.581. The quantitative estimate of drug-likeness (QED) is 0.642. The van der Waals surface area contributed by atoms with Crippen molar-refractivity contribution in [1.29, 1.82) is 0 Å². The monoisotopic (exact) mass is 227 g/mol. The van der Waals surface area contributed by atoms with Crippen molar-refractivity contribution in [2.45, 2.75) is 64.9 Å². The van der Waals surface area contributed by atoms with E-state index < -0.39 is 0 Å². The molecular weight excluding hydrogens is 198 g/mol. The predicted octanol–water partition coefficient (Wildman–Crippen LogP) is 3.36. The Kier molecular flexibility index (Phi) is 7.87. The molecule has 0 aromatic rings. The van der Waals surface area contributed by atoms with Gasteiger partial charge in [-0.2, -0.15) is 0 Å². The zero-order valence-corrected chi connectivity index (χ0v) is 11.1. The molecule has 2 nitrogen and oxygen atoms in total. The second kappa shape index (κ2) is 9.00. The van der Waals surface area contributed by atoms with Crippen molar-refractivity contribution in [1.82, 2.24) is 5.32 Å². The van der Waals surface area contributed by atoms with Crippen LogP contribution in [0.4, 0.5) is 0 Å². The fourth-order valence-electron chi connectivity index (χ4n) is 2.22. The van der Waals surface area contributed by atoms with Crippen molar-refractivity contribution in [2.75, 3.05) is 19.7 Å². The van der Waals surface area contributed by atoms with Crippen molar-refractivity contribution in [3.05, 3.63) is 0 Å². The van der Waals surface area contributed by atoms with Crippen LogP contribution in [0.25, 0.3) is 0 Å². The molecule has 0 amide bonds. The Morgan fingerprint density at radius 1 is 1.12 bits per heavy atom. The summed E-state index contributed by atoms with van der Waals surface area (Å²) in [6.07, 6.45) is 9.80. The lowest BCUT2D eigenvalue weighted by molar-refractivity contribution is 0.0265. The van der Waals surface area contributed by atoms with Gasteiger partial charge in [-0.3, -0.25) is 0 Å². The molecule has 0 aromatic heterocycles. The standard InChI is InChI=1S/C14H29NO/c1-13(2)12-15-10-6-7-11-16-14-8-4-3-5-9-14/h13-15H,3-12H2,1-2H3. The molecule has 0 aromatic carbocycles. The first-order valence-corrected chi connectivity index (χ1v) is 7.11. The molecule has 1 rings (SSSR count). The molecule has 0 unspecified atom stereocenters. The molecule has 16 heavy (non-hydrogen) atoms. The van der Waals surface area contributed by atoms with E-state index in [1.165, 1.54) is 44.9 Å². The highest BCUT2D eigenvalue weighted by atomic mass is 16.5. The Labute approximate surface area is 101 Å². The number of hydrogen-bond acceptors (Lipinski definition) is 2. The average molecular weight is 227 g/mol. The van der Waals surface area contributed by atoms with E-state index >= 15 is 0 Å². The van der Waals surface area contributed by atoms with Crippen LogP contribution in [0, 0.1) is 5.92 Å². The van der Waals surface area contributed by atoms with E-state index in [1.807, 2.05) is 0 Å². The molecule has 1 saturated carbocycles. The molecule has 0 bridgehead atoms. The van der Waals surface area contributed by atoms with E-state index in [0.717, 1.165) is 25.6 Å². The predicted molar refractivity (Wildman–Crippen MR) is 69.8 cm³/mol. The first-order valence-electron chi connectivity index (χ1n) is 7.11. The Morgan fingerprint density at radius 3 is 2.56 bits per heavy atom. The van der Waals surface area contributed by atoms with Gasteiger partial charge < -0.3 is 10.1 Å². The molecule has 0 atom stereocenters. The maximum absolute atomic E-state index is 5.88. The molecule has 0 saturated heterocycles. The SMILES string of the molecule is CC(C)CNCCCCOC1CCCCC1. The lowest BCUT2D eigenvalue weighted by Gasteiger charge is -2.21. The van der Waals surface area contributed by atoms with Gasteiger partial charge in [0.05, 0.1) is 6.10 Å². The minimum Gasteiger partial charge on any atom is -0.378 e. The van der Waals surface area contributed by atoms with Crippen LogP contribution in [0.1, 0.15) is 58.8 Å². The van der Waals surface area contributed by atoms with E-state index in [-0.39, 0.29) is 0 Å². The lowest BCUT2D eigenvalue weighted by Crippen LogP contribution is -2.21. The highest BCUT2D eigenvalue weighted by molar-refractivity contribution is 4.65. The van der Waals surface area contributed by atoms with Gasteiger partial charge in [-0.15, -0.1) is 0 Å². The summed E-state index contributed by atoms with van der Waals surface area (Å²) < 4.78 is 5.88. The molecule has 96 valence electrons. The number of ether oxygens (including phenoxy) is 1. The summed E-state index contributed by atoms with van der Waals surface area (Å²) in [5.41, 5.74) is 0. The molecule has 1 aliphatic carbocycles. The number of unbranched alkanes of at least 4 members (excludes halogenated alkanes) is 1. The van der Waals surface area contributed by atoms with Gasteiger partial charge in [0.2, 0.25) is 0 Å². The molecule has 0 radical (unpaired) electrons. The molecule has 0 aliphatic heterocycles. The summed E-state index contributed by atoms with van der Waals surface area (Å²) in [7, 11) is 0. The molecular formula is C14H29NO. The molecule has 2 heteroatoms. The zero-order valence-electron chi connectivity index (χ0n) is 11.1. The highest BCUT2D eigenvalue weighted by Crippen LogP contribution is 2.20. The van der Waals surface area contributed by atoms with Crippen LogP contribution in [0.2, 0.25) is 0 Å². The molecule has 1 N–H and O–H groups in total.